The van der Waals surface area contributed by atoms with E-state index in [9.17, 15) is 9.59 Å². The normalized spacial score (nSPS) is 14.9. The van der Waals surface area contributed by atoms with Gasteiger partial charge in [-0.2, -0.15) is 0 Å². The van der Waals surface area contributed by atoms with Crippen molar-refractivity contribution in [2.24, 2.45) is 0 Å². The number of aryl methyl sites for hydroxylation is 1. The van der Waals surface area contributed by atoms with Gasteiger partial charge in [-0.1, -0.05) is 29.8 Å². The third kappa shape index (κ3) is 5.52. The Balaban J connectivity index is 1.64. The second kappa shape index (κ2) is 9.96. The van der Waals surface area contributed by atoms with Crippen LogP contribution in [0, 0.1) is 6.92 Å². The van der Waals surface area contributed by atoms with E-state index in [0.29, 0.717) is 17.3 Å². The first kappa shape index (κ1) is 22.1. The van der Waals surface area contributed by atoms with Crippen LogP contribution >= 0.6 is 11.6 Å². The number of rotatable bonds is 6. The molecule has 7 heteroatoms. The maximum absolute atomic E-state index is 12.4. The van der Waals surface area contributed by atoms with E-state index in [-0.39, 0.29) is 6.04 Å². The molecule has 30 heavy (non-hydrogen) atoms. The molecule has 0 saturated carbocycles. The standard InChI is InChI=1S/C23H29ClN4O2/c1-16-6-9-18(14-20(16)24)26-23(30)22(29)25-15-21(28-12-4-5-13-28)17-7-10-19(11-8-17)27(2)3/h6-11,14,21H,4-5,12-13,15H2,1-3H3,(H,25,29)(H,26,30)/p+1/t21-/m0/s1. The number of hydrogen-bond acceptors (Lipinski definition) is 3. The van der Waals surface area contributed by atoms with E-state index in [2.05, 4.69) is 39.8 Å². The summed E-state index contributed by atoms with van der Waals surface area (Å²) in [6, 6.07) is 13.7. The maximum atomic E-state index is 12.4. The van der Waals surface area contributed by atoms with Gasteiger partial charge < -0.3 is 20.4 Å². The molecule has 0 aromatic heterocycles. The van der Waals surface area contributed by atoms with Crippen LogP contribution < -0.4 is 20.4 Å². The van der Waals surface area contributed by atoms with Gasteiger partial charge in [0.15, 0.2) is 0 Å². The Labute approximate surface area is 183 Å². The van der Waals surface area contributed by atoms with Gasteiger partial charge in [-0.25, -0.2) is 0 Å². The van der Waals surface area contributed by atoms with E-state index in [1.165, 1.54) is 23.3 Å². The molecule has 0 aliphatic carbocycles. The summed E-state index contributed by atoms with van der Waals surface area (Å²) in [6.45, 7) is 4.44. The number of nitrogens with one attached hydrogen (secondary N) is 3. The van der Waals surface area contributed by atoms with Crippen LogP contribution in [-0.2, 0) is 9.59 Å². The van der Waals surface area contributed by atoms with Gasteiger partial charge in [-0.3, -0.25) is 9.59 Å². The topological polar surface area (TPSA) is 65.9 Å². The zero-order valence-electron chi connectivity index (χ0n) is 17.8. The van der Waals surface area contributed by atoms with Crippen molar-refractivity contribution >= 4 is 34.8 Å². The molecule has 1 saturated heterocycles. The van der Waals surface area contributed by atoms with Crippen molar-refractivity contribution in [1.82, 2.24) is 5.32 Å². The first-order valence-electron chi connectivity index (χ1n) is 10.3. The number of likely N-dealkylation sites (tertiary alicyclic amines) is 1. The van der Waals surface area contributed by atoms with Gasteiger partial charge in [0.2, 0.25) is 0 Å². The Morgan fingerprint density at radius 2 is 1.73 bits per heavy atom. The fourth-order valence-corrected chi connectivity index (χ4v) is 3.99. The molecule has 0 bridgehead atoms. The molecule has 1 fully saturated rings. The molecular weight excluding hydrogens is 400 g/mol. The van der Waals surface area contributed by atoms with Crippen molar-refractivity contribution in [1.29, 1.82) is 0 Å². The number of nitrogens with zero attached hydrogens (tertiary/aromatic N) is 1. The van der Waals surface area contributed by atoms with Gasteiger partial charge in [-0.15, -0.1) is 0 Å². The average Bonchev–Trinajstić information content (AvgIpc) is 3.25. The average molecular weight is 430 g/mol. The highest BCUT2D eigenvalue weighted by Crippen LogP contribution is 2.20. The number of halogens is 1. The van der Waals surface area contributed by atoms with Crippen molar-refractivity contribution in [3.05, 3.63) is 58.6 Å². The summed E-state index contributed by atoms with van der Waals surface area (Å²) in [7, 11) is 4.02. The number of amides is 2. The predicted molar refractivity (Wildman–Crippen MR) is 121 cm³/mol. The second-order valence-electron chi connectivity index (χ2n) is 8.03. The molecule has 2 aromatic rings. The predicted octanol–water partition coefficient (Wildman–Crippen LogP) is 2.19. The van der Waals surface area contributed by atoms with Crippen LogP contribution in [0.3, 0.4) is 0 Å². The lowest BCUT2D eigenvalue weighted by molar-refractivity contribution is -0.918. The number of quaternary nitrogens is 1. The largest absolute Gasteiger partial charge is 0.378 e. The molecule has 160 valence electrons. The van der Waals surface area contributed by atoms with Crippen LogP contribution in [0.15, 0.2) is 42.5 Å². The van der Waals surface area contributed by atoms with E-state index in [0.717, 1.165) is 24.3 Å². The molecule has 1 aliphatic heterocycles. The molecule has 1 atom stereocenters. The minimum Gasteiger partial charge on any atom is -0.378 e. The van der Waals surface area contributed by atoms with Crippen molar-refractivity contribution in [2.75, 3.05) is 43.9 Å². The second-order valence-corrected chi connectivity index (χ2v) is 8.44. The number of hydrogen-bond donors (Lipinski definition) is 3. The fraction of sp³-hybridized carbons (Fsp3) is 0.391. The van der Waals surface area contributed by atoms with Gasteiger partial charge in [-0.05, 0) is 36.8 Å². The Bertz CT molecular complexity index is 893. The zero-order valence-corrected chi connectivity index (χ0v) is 18.6. The summed E-state index contributed by atoms with van der Waals surface area (Å²) in [5.41, 5.74) is 3.72. The molecule has 3 N–H and O–H groups in total. The van der Waals surface area contributed by atoms with Gasteiger partial charge in [0.25, 0.3) is 0 Å². The van der Waals surface area contributed by atoms with Gasteiger partial charge in [0.05, 0.1) is 19.6 Å². The molecular formula is C23H30ClN4O2+. The molecule has 2 aromatic carbocycles. The van der Waals surface area contributed by atoms with Crippen molar-refractivity contribution in [3.8, 4) is 0 Å². The summed E-state index contributed by atoms with van der Waals surface area (Å²) in [5, 5.41) is 5.99. The summed E-state index contributed by atoms with van der Waals surface area (Å²) in [4.78, 5) is 28.2. The lowest BCUT2D eigenvalue weighted by Gasteiger charge is -2.25. The Hall–Kier alpha value is -2.57. The van der Waals surface area contributed by atoms with Gasteiger partial charge in [0, 0.05) is 48.9 Å². The van der Waals surface area contributed by atoms with Crippen LogP contribution in [0.4, 0.5) is 11.4 Å². The van der Waals surface area contributed by atoms with Crippen LogP contribution in [0.5, 0.6) is 0 Å². The minimum atomic E-state index is -0.687. The van der Waals surface area contributed by atoms with Crippen LogP contribution in [0.25, 0.3) is 0 Å². The summed E-state index contributed by atoms with van der Waals surface area (Å²) >= 11 is 6.09. The SMILES string of the molecule is Cc1ccc(NC(=O)C(=O)NC[C@@H](c2ccc(N(C)C)cc2)[NH+]2CCCC2)cc1Cl. The van der Waals surface area contributed by atoms with Gasteiger partial charge in [0.1, 0.15) is 6.04 Å². The minimum absolute atomic E-state index is 0.120. The Morgan fingerprint density at radius 3 is 2.33 bits per heavy atom. The lowest BCUT2D eigenvalue weighted by atomic mass is 10.0. The molecule has 1 aliphatic rings. The Morgan fingerprint density at radius 1 is 1.07 bits per heavy atom. The monoisotopic (exact) mass is 429 g/mol. The summed E-state index contributed by atoms with van der Waals surface area (Å²) < 4.78 is 0. The summed E-state index contributed by atoms with van der Waals surface area (Å²) in [5.74, 6) is -1.33. The maximum Gasteiger partial charge on any atom is 0.313 e. The highest BCUT2D eigenvalue weighted by molar-refractivity contribution is 6.39. The number of anilines is 2. The first-order valence-corrected chi connectivity index (χ1v) is 10.7. The van der Waals surface area contributed by atoms with Crippen LogP contribution in [0.1, 0.15) is 30.0 Å². The van der Waals surface area contributed by atoms with E-state index < -0.39 is 11.8 Å². The van der Waals surface area contributed by atoms with Crippen LogP contribution in [-0.4, -0.2) is 45.5 Å². The van der Waals surface area contributed by atoms with Crippen molar-refractivity contribution in [2.45, 2.75) is 25.8 Å². The molecule has 0 spiro atoms. The van der Waals surface area contributed by atoms with Gasteiger partial charge >= 0.3 is 11.8 Å². The van der Waals surface area contributed by atoms with Crippen molar-refractivity contribution < 1.29 is 14.5 Å². The molecule has 6 nitrogen and oxygen atoms in total. The molecule has 3 rings (SSSR count). The van der Waals surface area contributed by atoms with Crippen LogP contribution in [0.2, 0.25) is 5.02 Å². The number of benzene rings is 2. The fourth-order valence-electron chi connectivity index (χ4n) is 3.81. The van der Waals surface area contributed by atoms with E-state index in [1.807, 2.05) is 21.0 Å². The zero-order chi connectivity index (χ0) is 21.7. The third-order valence-electron chi connectivity index (χ3n) is 5.65. The first-order chi connectivity index (χ1) is 14.3. The smallest absolute Gasteiger partial charge is 0.313 e. The molecule has 2 amide bonds. The number of carbonyl (C=O) groups excluding carboxylic acids is 2. The molecule has 0 unspecified atom stereocenters. The molecule has 0 radical (unpaired) electrons. The highest BCUT2D eigenvalue weighted by atomic mass is 35.5. The van der Waals surface area contributed by atoms with E-state index >= 15 is 0 Å². The quantitative estimate of drug-likeness (QED) is 0.617. The Kier molecular flexibility index (Phi) is 7.34. The molecule has 1 heterocycles. The summed E-state index contributed by atoms with van der Waals surface area (Å²) in [6.07, 6.45) is 2.37. The van der Waals surface area contributed by atoms with E-state index in [1.54, 1.807) is 18.2 Å². The van der Waals surface area contributed by atoms with E-state index in [4.69, 9.17) is 11.6 Å². The highest BCUT2D eigenvalue weighted by Gasteiger charge is 2.28. The van der Waals surface area contributed by atoms with Crippen molar-refractivity contribution in [3.63, 3.8) is 0 Å². The third-order valence-corrected chi connectivity index (χ3v) is 6.06. The number of carbonyl (C=O) groups is 2. The lowest BCUT2D eigenvalue weighted by Crippen LogP contribution is -3.11.